The van der Waals surface area contributed by atoms with E-state index < -0.39 is 0 Å². The topological polar surface area (TPSA) is 87.5 Å². The number of nitrogens with one attached hydrogen (secondary N) is 2. The van der Waals surface area contributed by atoms with Crippen molar-refractivity contribution in [2.45, 2.75) is 64.0 Å². The number of carbonyl (C=O) groups excluding carboxylic acids is 1. The molecule has 2 aromatic rings. The van der Waals surface area contributed by atoms with Crippen molar-refractivity contribution in [1.29, 1.82) is 0 Å². The summed E-state index contributed by atoms with van der Waals surface area (Å²) in [6, 6.07) is 2.81. The van der Waals surface area contributed by atoms with E-state index in [0.717, 1.165) is 55.8 Å². The highest BCUT2D eigenvalue weighted by atomic mass is 16.2. The van der Waals surface area contributed by atoms with Gasteiger partial charge in [-0.3, -0.25) is 0 Å². The van der Waals surface area contributed by atoms with Crippen LogP contribution in [0.25, 0.3) is 5.65 Å². The Kier molecular flexibility index (Phi) is 4.90. The van der Waals surface area contributed by atoms with Gasteiger partial charge in [0.05, 0.1) is 11.4 Å². The maximum absolute atomic E-state index is 12.5. The van der Waals surface area contributed by atoms with Gasteiger partial charge >= 0.3 is 6.03 Å². The number of aromatic nitrogens is 4. The van der Waals surface area contributed by atoms with E-state index in [2.05, 4.69) is 25.9 Å². The molecular weight excluding hydrogens is 330 g/mol. The monoisotopic (exact) mass is 357 g/mol. The average molecular weight is 357 g/mol. The molecule has 0 radical (unpaired) electrons. The molecule has 1 saturated heterocycles. The fraction of sp³-hybridized carbons (Fsp3) is 0.667. The Morgan fingerprint density at radius 3 is 2.65 bits per heavy atom. The van der Waals surface area contributed by atoms with Gasteiger partial charge in [0.2, 0.25) is 5.65 Å². The van der Waals surface area contributed by atoms with Gasteiger partial charge in [-0.15, -0.1) is 10.2 Å². The van der Waals surface area contributed by atoms with Gasteiger partial charge in [-0.1, -0.05) is 19.3 Å². The lowest BCUT2D eigenvalue weighted by molar-refractivity contribution is 0.176. The molecular formula is C18H27N7O. The number of anilines is 1. The summed E-state index contributed by atoms with van der Waals surface area (Å²) in [7, 11) is 0. The molecule has 0 aromatic carbocycles. The number of hydrogen-bond donors (Lipinski definition) is 2. The van der Waals surface area contributed by atoms with Crippen molar-refractivity contribution in [3.63, 3.8) is 0 Å². The van der Waals surface area contributed by atoms with Crippen LogP contribution in [0.3, 0.4) is 0 Å². The maximum Gasteiger partial charge on any atom is 0.317 e. The van der Waals surface area contributed by atoms with Gasteiger partial charge in [0.15, 0.2) is 0 Å². The standard InChI is InChI=1S/C18H27N7O/c1-13-11-16(17-22-19-12-25(17)23-13)20-15-7-9-24(10-8-15)18(26)21-14-5-3-2-4-6-14/h11-12,14-15,20H,2-10H2,1H3,(H,21,26). The molecule has 1 aliphatic carbocycles. The highest BCUT2D eigenvalue weighted by Crippen LogP contribution is 2.21. The van der Waals surface area contributed by atoms with E-state index in [1.165, 1.54) is 19.3 Å². The van der Waals surface area contributed by atoms with Crippen molar-refractivity contribution in [2.24, 2.45) is 0 Å². The number of nitrogens with zero attached hydrogens (tertiary/aromatic N) is 5. The summed E-state index contributed by atoms with van der Waals surface area (Å²) in [6.45, 7) is 3.52. The summed E-state index contributed by atoms with van der Waals surface area (Å²) in [5.41, 5.74) is 2.62. The van der Waals surface area contributed by atoms with Gasteiger partial charge in [-0.25, -0.2) is 4.79 Å². The normalized spacial score (nSPS) is 19.7. The number of urea groups is 1. The minimum absolute atomic E-state index is 0.106. The first kappa shape index (κ1) is 17.1. The van der Waals surface area contributed by atoms with Crippen molar-refractivity contribution in [1.82, 2.24) is 30.0 Å². The summed E-state index contributed by atoms with van der Waals surface area (Å²) in [5, 5.41) is 19.2. The van der Waals surface area contributed by atoms with E-state index in [9.17, 15) is 4.79 Å². The third kappa shape index (κ3) is 3.73. The fourth-order valence-corrected chi connectivity index (χ4v) is 4.02. The van der Waals surface area contributed by atoms with Crippen molar-refractivity contribution in [3.05, 3.63) is 18.1 Å². The summed E-state index contributed by atoms with van der Waals surface area (Å²) < 4.78 is 1.70. The van der Waals surface area contributed by atoms with E-state index >= 15 is 0 Å². The molecule has 0 spiro atoms. The van der Waals surface area contributed by atoms with Crippen LogP contribution in [0.15, 0.2) is 12.4 Å². The SMILES string of the molecule is Cc1cc(NC2CCN(C(=O)NC3CCCCC3)CC2)c2nncn2n1. The van der Waals surface area contributed by atoms with Crippen LogP contribution in [0, 0.1) is 6.92 Å². The number of fused-ring (bicyclic) bond motifs is 1. The number of rotatable bonds is 3. The fourth-order valence-electron chi connectivity index (χ4n) is 4.02. The Labute approximate surface area is 153 Å². The number of piperidine rings is 1. The van der Waals surface area contributed by atoms with Crippen LogP contribution in [0.2, 0.25) is 0 Å². The predicted molar refractivity (Wildman–Crippen MR) is 99.1 cm³/mol. The second-order valence-electron chi connectivity index (χ2n) is 7.49. The minimum atomic E-state index is 0.106. The Morgan fingerprint density at radius 1 is 1.12 bits per heavy atom. The highest BCUT2D eigenvalue weighted by molar-refractivity contribution is 5.74. The van der Waals surface area contributed by atoms with E-state index in [-0.39, 0.29) is 6.03 Å². The van der Waals surface area contributed by atoms with Gasteiger partial charge in [0.1, 0.15) is 6.33 Å². The summed E-state index contributed by atoms with van der Waals surface area (Å²) in [4.78, 5) is 14.4. The van der Waals surface area contributed by atoms with Crippen LogP contribution in [0.4, 0.5) is 10.5 Å². The molecule has 140 valence electrons. The summed E-state index contributed by atoms with van der Waals surface area (Å²) >= 11 is 0. The number of hydrogen-bond acceptors (Lipinski definition) is 5. The molecule has 3 heterocycles. The lowest BCUT2D eigenvalue weighted by Gasteiger charge is -2.34. The summed E-state index contributed by atoms with van der Waals surface area (Å²) in [6.07, 6.45) is 9.50. The lowest BCUT2D eigenvalue weighted by Crippen LogP contribution is -2.49. The second kappa shape index (κ2) is 7.47. The Hall–Kier alpha value is -2.38. The lowest BCUT2D eigenvalue weighted by atomic mass is 9.95. The van der Waals surface area contributed by atoms with Crippen molar-refractivity contribution < 1.29 is 4.79 Å². The molecule has 1 saturated carbocycles. The average Bonchev–Trinajstić information content (AvgIpc) is 3.11. The number of likely N-dealkylation sites (tertiary alicyclic amines) is 1. The van der Waals surface area contributed by atoms with Gasteiger partial charge in [-0.2, -0.15) is 9.61 Å². The molecule has 4 rings (SSSR count). The van der Waals surface area contributed by atoms with Crippen LogP contribution >= 0.6 is 0 Å². The zero-order valence-corrected chi connectivity index (χ0v) is 15.3. The first-order chi connectivity index (χ1) is 12.7. The highest BCUT2D eigenvalue weighted by Gasteiger charge is 2.25. The maximum atomic E-state index is 12.5. The van der Waals surface area contributed by atoms with Gasteiger partial charge in [0, 0.05) is 25.2 Å². The first-order valence-corrected chi connectivity index (χ1v) is 9.69. The molecule has 0 bridgehead atoms. The smallest absolute Gasteiger partial charge is 0.317 e. The van der Waals surface area contributed by atoms with E-state index in [0.29, 0.717) is 12.1 Å². The first-order valence-electron chi connectivity index (χ1n) is 9.69. The number of aryl methyl sites for hydroxylation is 1. The molecule has 26 heavy (non-hydrogen) atoms. The van der Waals surface area contributed by atoms with Gasteiger partial charge in [0.25, 0.3) is 0 Å². The Morgan fingerprint density at radius 2 is 1.88 bits per heavy atom. The zero-order valence-electron chi connectivity index (χ0n) is 15.3. The zero-order chi connectivity index (χ0) is 17.9. The van der Waals surface area contributed by atoms with Crippen molar-refractivity contribution in [2.75, 3.05) is 18.4 Å². The quantitative estimate of drug-likeness (QED) is 0.880. The Balaban J connectivity index is 1.32. The molecule has 1 aliphatic heterocycles. The second-order valence-corrected chi connectivity index (χ2v) is 7.49. The van der Waals surface area contributed by atoms with Crippen molar-refractivity contribution in [3.8, 4) is 0 Å². The van der Waals surface area contributed by atoms with E-state index in [1.54, 1.807) is 10.8 Å². The van der Waals surface area contributed by atoms with Crippen LogP contribution < -0.4 is 10.6 Å². The molecule has 0 atom stereocenters. The summed E-state index contributed by atoms with van der Waals surface area (Å²) in [5.74, 6) is 0. The molecule has 8 heteroatoms. The third-order valence-corrected chi connectivity index (χ3v) is 5.46. The number of amides is 2. The van der Waals surface area contributed by atoms with Crippen LogP contribution in [0.1, 0.15) is 50.6 Å². The molecule has 8 nitrogen and oxygen atoms in total. The molecule has 2 N–H and O–H groups in total. The van der Waals surface area contributed by atoms with Crippen LogP contribution in [0.5, 0.6) is 0 Å². The van der Waals surface area contributed by atoms with Gasteiger partial charge < -0.3 is 15.5 Å². The molecule has 2 fully saturated rings. The minimum Gasteiger partial charge on any atom is -0.379 e. The molecule has 2 aromatic heterocycles. The van der Waals surface area contributed by atoms with Crippen molar-refractivity contribution >= 4 is 17.4 Å². The third-order valence-electron chi connectivity index (χ3n) is 5.46. The Bertz CT molecular complexity index is 760. The van der Waals surface area contributed by atoms with Crippen LogP contribution in [-0.4, -0.2) is 55.9 Å². The molecule has 2 amide bonds. The van der Waals surface area contributed by atoms with E-state index in [1.807, 2.05) is 17.9 Å². The van der Waals surface area contributed by atoms with Crippen LogP contribution in [-0.2, 0) is 0 Å². The molecule has 0 unspecified atom stereocenters. The van der Waals surface area contributed by atoms with E-state index in [4.69, 9.17) is 0 Å². The largest absolute Gasteiger partial charge is 0.379 e. The number of carbonyl (C=O) groups is 1. The molecule has 2 aliphatic rings. The van der Waals surface area contributed by atoms with Gasteiger partial charge in [-0.05, 0) is 38.7 Å². The predicted octanol–water partition coefficient (Wildman–Crippen LogP) is 2.35.